The molecule has 1 aliphatic heterocycles. The molecule has 118 valence electrons. The molecule has 0 saturated carbocycles. The Balaban J connectivity index is 1.76. The monoisotopic (exact) mass is 320 g/mol. The highest BCUT2D eigenvalue weighted by molar-refractivity contribution is 7.18. The first kappa shape index (κ1) is 15.2. The minimum Gasteiger partial charge on any atom is -0.497 e. The highest BCUT2D eigenvalue weighted by Gasteiger charge is 2.29. The fourth-order valence-electron chi connectivity index (χ4n) is 3.11. The minimum atomic E-state index is -0.689. The molecule has 0 spiro atoms. The molecule has 5 nitrogen and oxygen atoms in total. The molecule has 0 bridgehead atoms. The predicted octanol–water partition coefficient (Wildman–Crippen LogP) is 2.85. The summed E-state index contributed by atoms with van der Waals surface area (Å²) in [5.74, 6) is 0.286. The molecule has 6 heteroatoms. The van der Waals surface area contributed by atoms with E-state index in [0.717, 1.165) is 40.5 Å². The Labute approximate surface area is 133 Å². The van der Waals surface area contributed by atoms with Crippen LogP contribution in [0.3, 0.4) is 0 Å². The van der Waals surface area contributed by atoms with Gasteiger partial charge < -0.3 is 9.84 Å². The molecular weight excluding hydrogens is 300 g/mol. The van der Waals surface area contributed by atoms with Gasteiger partial charge in [-0.2, -0.15) is 0 Å². The van der Waals surface area contributed by atoms with Gasteiger partial charge in [0, 0.05) is 13.1 Å². The number of fused-ring (bicyclic) bond motifs is 1. The van der Waals surface area contributed by atoms with Crippen LogP contribution in [0.4, 0.5) is 0 Å². The lowest BCUT2D eigenvalue weighted by Crippen LogP contribution is -2.41. The summed E-state index contributed by atoms with van der Waals surface area (Å²) in [4.78, 5) is 18.1. The number of rotatable bonds is 4. The zero-order valence-electron chi connectivity index (χ0n) is 12.8. The van der Waals surface area contributed by atoms with Crippen LogP contribution in [0, 0.1) is 11.8 Å². The van der Waals surface area contributed by atoms with Crippen molar-refractivity contribution in [3.05, 3.63) is 23.2 Å². The van der Waals surface area contributed by atoms with Gasteiger partial charge in [-0.15, -0.1) is 11.3 Å². The number of carbonyl (C=O) groups is 1. The molecule has 1 aromatic heterocycles. The number of aromatic nitrogens is 1. The zero-order valence-corrected chi connectivity index (χ0v) is 13.6. The van der Waals surface area contributed by atoms with Gasteiger partial charge in [0.15, 0.2) is 0 Å². The van der Waals surface area contributed by atoms with E-state index in [0.29, 0.717) is 12.5 Å². The van der Waals surface area contributed by atoms with Crippen molar-refractivity contribution in [2.75, 3.05) is 20.2 Å². The van der Waals surface area contributed by atoms with E-state index in [1.54, 1.807) is 18.4 Å². The molecule has 2 atom stereocenters. The van der Waals surface area contributed by atoms with E-state index in [-0.39, 0.29) is 5.92 Å². The Bertz CT molecular complexity index is 685. The lowest BCUT2D eigenvalue weighted by atomic mass is 9.90. The number of piperidine rings is 1. The van der Waals surface area contributed by atoms with Crippen molar-refractivity contribution in [2.24, 2.45) is 11.8 Å². The lowest BCUT2D eigenvalue weighted by molar-refractivity contribution is -0.144. The van der Waals surface area contributed by atoms with Gasteiger partial charge in [0.05, 0.1) is 29.8 Å². The van der Waals surface area contributed by atoms with E-state index in [1.807, 2.05) is 18.2 Å². The topological polar surface area (TPSA) is 62.7 Å². The first-order valence-corrected chi connectivity index (χ1v) is 8.25. The predicted molar refractivity (Wildman–Crippen MR) is 86.4 cm³/mol. The van der Waals surface area contributed by atoms with E-state index in [9.17, 15) is 9.90 Å². The van der Waals surface area contributed by atoms with E-state index in [2.05, 4.69) is 16.8 Å². The Morgan fingerprint density at radius 2 is 2.32 bits per heavy atom. The van der Waals surface area contributed by atoms with Crippen LogP contribution >= 0.6 is 11.3 Å². The van der Waals surface area contributed by atoms with Gasteiger partial charge in [-0.05, 0) is 30.5 Å². The first-order chi connectivity index (χ1) is 10.5. The number of thiazole rings is 1. The maximum Gasteiger partial charge on any atom is 0.307 e. The molecule has 1 fully saturated rings. The number of carboxylic acids is 1. The molecule has 0 radical (unpaired) electrons. The number of hydrogen-bond donors (Lipinski definition) is 1. The molecule has 2 unspecified atom stereocenters. The second kappa shape index (κ2) is 6.22. The van der Waals surface area contributed by atoms with Crippen LogP contribution < -0.4 is 4.74 Å². The smallest absolute Gasteiger partial charge is 0.307 e. The van der Waals surface area contributed by atoms with Crippen LogP contribution in [0.5, 0.6) is 5.75 Å². The standard InChI is InChI=1S/C16H20N2O3S/c1-10-5-11(16(19)20)8-18(7-10)9-15-17-13-4-3-12(21-2)6-14(13)22-15/h3-4,6,10-11H,5,7-9H2,1-2H3,(H,19,20). The molecule has 0 amide bonds. The molecule has 2 heterocycles. The molecule has 3 rings (SSSR count). The fraction of sp³-hybridized carbons (Fsp3) is 0.500. The molecule has 22 heavy (non-hydrogen) atoms. The first-order valence-electron chi connectivity index (χ1n) is 7.43. The van der Waals surface area contributed by atoms with E-state index in [1.165, 1.54) is 0 Å². The summed E-state index contributed by atoms with van der Waals surface area (Å²) in [5.41, 5.74) is 0.973. The maximum atomic E-state index is 11.3. The van der Waals surface area contributed by atoms with Gasteiger partial charge in [-0.1, -0.05) is 6.92 Å². The molecule has 1 saturated heterocycles. The van der Waals surface area contributed by atoms with Crippen LogP contribution in [0.15, 0.2) is 18.2 Å². The largest absolute Gasteiger partial charge is 0.497 e. The van der Waals surface area contributed by atoms with Crippen molar-refractivity contribution in [1.29, 1.82) is 0 Å². The summed E-state index contributed by atoms with van der Waals surface area (Å²) in [6, 6.07) is 5.87. The van der Waals surface area contributed by atoms with Crippen LogP contribution in [0.1, 0.15) is 18.4 Å². The average molecular weight is 320 g/mol. The highest BCUT2D eigenvalue weighted by Crippen LogP contribution is 2.29. The number of likely N-dealkylation sites (tertiary alicyclic amines) is 1. The van der Waals surface area contributed by atoms with Crippen molar-refractivity contribution >= 4 is 27.5 Å². The SMILES string of the molecule is COc1ccc2nc(CN3CC(C)CC(C(=O)O)C3)sc2c1. The number of ether oxygens (including phenoxy) is 1. The molecule has 2 aromatic rings. The second-order valence-electron chi connectivity index (χ2n) is 6.01. The van der Waals surface area contributed by atoms with Crippen LogP contribution in [-0.2, 0) is 11.3 Å². The van der Waals surface area contributed by atoms with Crippen molar-refractivity contribution in [1.82, 2.24) is 9.88 Å². The molecular formula is C16H20N2O3S. The van der Waals surface area contributed by atoms with Gasteiger partial charge in [0.2, 0.25) is 0 Å². The van der Waals surface area contributed by atoms with Crippen molar-refractivity contribution in [2.45, 2.75) is 19.9 Å². The number of carboxylic acid groups (broad SMARTS) is 1. The van der Waals surface area contributed by atoms with E-state index >= 15 is 0 Å². The third kappa shape index (κ3) is 3.23. The maximum absolute atomic E-state index is 11.3. The number of nitrogens with zero attached hydrogens (tertiary/aromatic N) is 2. The summed E-state index contributed by atoms with van der Waals surface area (Å²) >= 11 is 1.65. The Kier molecular flexibility index (Phi) is 4.31. The average Bonchev–Trinajstić information content (AvgIpc) is 2.87. The van der Waals surface area contributed by atoms with Crippen LogP contribution in [0.2, 0.25) is 0 Å². The third-order valence-corrected chi connectivity index (χ3v) is 5.09. The second-order valence-corrected chi connectivity index (χ2v) is 7.13. The summed E-state index contributed by atoms with van der Waals surface area (Å²) in [6.45, 7) is 4.38. The van der Waals surface area contributed by atoms with Gasteiger partial charge in [-0.3, -0.25) is 9.69 Å². The van der Waals surface area contributed by atoms with Crippen molar-refractivity contribution < 1.29 is 14.6 Å². The van der Waals surface area contributed by atoms with Crippen LogP contribution in [-0.4, -0.2) is 41.2 Å². The van der Waals surface area contributed by atoms with E-state index in [4.69, 9.17) is 4.74 Å². The number of aliphatic carboxylic acids is 1. The van der Waals surface area contributed by atoms with Gasteiger partial charge in [0.1, 0.15) is 10.8 Å². The summed E-state index contributed by atoms with van der Waals surface area (Å²) in [7, 11) is 1.66. The zero-order chi connectivity index (χ0) is 15.7. The molecule has 0 aliphatic carbocycles. The van der Waals surface area contributed by atoms with Gasteiger partial charge >= 0.3 is 5.97 Å². The Morgan fingerprint density at radius 1 is 1.50 bits per heavy atom. The molecule has 1 aromatic carbocycles. The third-order valence-electron chi connectivity index (χ3n) is 4.08. The molecule has 1 aliphatic rings. The highest BCUT2D eigenvalue weighted by atomic mass is 32.1. The van der Waals surface area contributed by atoms with Crippen LogP contribution in [0.25, 0.3) is 10.2 Å². The van der Waals surface area contributed by atoms with Gasteiger partial charge in [0.25, 0.3) is 0 Å². The normalized spacial score (nSPS) is 22.8. The fourth-order valence-corrected chi connectivity index (χ4v) is 4.15. The lowest BCUT2D eigenvalue weighted by Gasteiger charge is -2.34. The molecule has 1 N–H and O–H groups in total. The summed E-state index contributed by atoms with van der Waals surface area (Å²) < 4.78 is 6.34. The summed E-state index contributed by atoms with van der Waals surface area (Å²) in [6.07, 6.45) is 0.767. The quantitative estimate of drug-likeness (QED) is 0.938. The van der Waals surface area contributed by atoms with Crippen molar-refractivity contribution in [3.63, 3.8) is 0 Å². The summed E-state index contributed by atoms with van der Waals surface area (Å²) in [5, 5.41) is 10.3. The number of methoxy groups -OCH3 is 1. The Hall–Kier alpha value is -1.66. The Morgan fingerprint density at radius 3 is 3.05 bits per heavy atom. The van der Waals surface area contributed by atoms with E-state index < -0.39 is 5.97 Å². The minimum absolute atomic E-state index is 0.266. The number of benzene rings is 1. The van der Waals surface area contributed by atoms with Gasteiger partial charge in [-0.25, -0.2) is 4.98 Å². The van der Waals surface area contributed by atoms with Crippen molar-refractivity contribution in [3.8, 4) is 5.75 Å². The number of hydrogen-bond acceptors (Lipinski definition) is 5.